The van der Waals surface area contributed by atoms with Gasteiger partial charge >= 0.3 is 0 Å². The summed E-state index contributed by atoms with van der Waals surface area (Å²) in [7, 11) is 2.08. The molecule has 3 rings (SSSR count). The van der Waals surface area contributed by atoms with Crippen LogP contribution in [0.15, 0.2) is 36.8 Å². The largest absolute Gasteiger partial charge is 0.371 e. The molecule has 1 aromatic carbocycles. The van der Waals surface area contributed by atoms with Crippen molar-refractivity contribution in [3.05, 3.63) is 53.1 Å². The monoisotopic (exact) mass is 312 g/mol. The number of nitrogens with zero attached hydrogens (tertiary/aromatic N) is 3. The summed E-state index contributed by atoms with van der Waals surface area (Å²) in [5, 5.41) is 9.48. The van der Waals surface area contributed by atoms with Crippen LogP contribution in [0.5, 0.6) is 0 Å². The Morgan fingerprint density at radius 2 is 2.32 bits per heavy atom. The zero-order chi connectivity index (χ0) is 15.5. The lowest BCUT2D eigenvalue weighted by Gasteiger charge is -2.33. The number of rotatable bonds is 3. The number of benzene rings is 1. The van der Waals surface area contributed by atoms with E-state index in [0.29, 0.717) is 16.6 Å². The van der Waals surface area contributed by atoms with Crippen molar-refractivity contribution in [3.63, 3.8) is 0 Å². The van der Waals surface area contributed by atoms with Crippen LogP contribution in [0.1, 0.15) is 30.5 Å². The van der Waals surface area contributed by atoms with Crippen molar-refractivity contribution >= 4 is 22.9 Å². The minimum Gasteiger partial charge on any atom is -0.371 e. The molecular formula is C17H17ClN4. The van der Waals surface area contributed by atoms with Gasteiger partial charge < -0.3 is 9.88 Å². The second-order valence-corrected chi connectivity index (χ2v) is 5.92. The molecule has 0 aliphatic heterocycles. The molecular weight excluding hydrogens is 296 g/mol. The van der Waals surface area contributed by atoms with E-state index in [1.807, 2.05) is 18.3 Å². The van der Waals surface area contributed by atoms with E-state index in [9.17, 15) is 0 Å². The second-order valence-electron chi connectivity index (χ2n) is 5.52. The van der Waals surface area contributed by atoms with E-state index >= 15 is 0 Å². The maximum absolute atomic E-state index is 8.97. The molecule has 1 N–H and O–H groups in total. The van der Waals surface area contributed by atoms with Crippen LogP contribution in [0.25, 0.3) is 5.57 Å². The van der Waals surface area contributed by atoms with E-state index in [2.05, 4.69) is 34.1 Å². The van der Waals surface area contributed by atoms with E-state index in [1.54, 1.807) is 12.4 Å². The number of allylic oxidation sites excluding steroid dienone is 1. The fourth-order valence-corrected chi connectivity index (χ4v) is 3.11. The first-order valence-electron chi connectivity index (χ1n) is 7.29. The Labute approximate surface area is 135 Å². The number of nitriles is 1. The smallest absolute Gasteiger partial charge is 0.101 e. The van der Waals surface area contributed by atoms with E-state index < -0.39 is 0 Å². The van der Waals surface area contributed by atoms with Gasteiger partial charge in [-0.1, -0.05) is 17.7 Å². The lowest BCUT2D eigenvalue weighted by Crippen LogP contribution is -2.33. The third kappa shape index (κ3) is 2.86. The average Bonchev–Trinajstić information content (AvgIpc) is 3.09. The Kier molecular flexibility index (Phi) is 4.17. The summed E-state index contributed by atoms with van der Waals surface area (Å²) in [6.45, 7) is 0. The van der Waals surface area contributed by atoms with Gasteiger partial charge in [-0.05, 0) is 43.0 Å². The van der Waals surface area contributed by atoms with Crippen LogP contribution in [0.4, 0.5) is 5.69 Å². The standard InChI is InChI=1S/C17H17ClN4/c1-22(15-6-5-13(9-19)16(18)8-15)14-4-2-3-12(7-14)17-10-20-11-21-17/h3,5-6,8,10-11,14H,2,4,7H2,1H3,(H,20,21). The Morgan fingerprint density at radius 1 is 1.45 bits per heavy atom. The number of anilines is 1. The number of nitrogens with one attached hydrogen (secondary N) is 1. The van der Waals surface area contributed by atoms with Crippen molar-refractivity contribution in [2.24, 2.45) is 0 Å². The van der Waals surface area contributed by atoms with E-state index in [1.165, 1.54) is 5.57 Å². The zero-order valence-corrected chi connectivity index (χ0v) is 13.1. The van der Waals surface area contributed by atoms with Crippen molar-refractivity contribution in [1.29, 1.82) is 5.26 Å². The number of imidazole rings is 1. The van der Waals surface area contributed by atoms with Crippen LogP contribution < -0.4 is 4.90 Å². The molecule has 1 aromatic heterocycles. The van der Waals surface area contributed by atoms with E-state index in [-0.39, 0.29) is 0 Å². The number of hydrogen-bond acceptors (Lipinski definition) is 3. The molecule has 1 aliphatic rings. The fourth-order valence-electron chi connectivity index (χ4n) is 2.90. The normalized spacial score (nSPS) is 17.7. The number of hydrogen-bond donors (Lipinski definition) is 1. The molecule has 1 atom stereocenters. The Morgan fingerprint density at radius 3 is 3.00 bits per heavy atom. The van der Waals surface area contributed by atoms with Gasteiger partial charge in [0.25, 0.3) is 0 Å². The Balaban J connectivity index is 1.78. The number of halogens is 1. The Bertz CT molecular complexity index is 728. The number of aromatic nitrogens is 2. The molecule has 0 amide bonds. The zero-order valence-electron chi connectivity index (χ0n) is 12.4. The molecule has 0 saturated heterocycles. The highest BCUT2D eigenvalue weighted by Crippen LogP contribution is 2.32. The maximum atomic E-state index is 8.97. The summed E-state index contributed by atoms with van der Waals surface area (Å²) in [6, 6.07) is 8.11. The summed E-state index contributed by atoms with van der Waals surface area (Å²) >= 11 is 6.15. The molecule has 0 spiro atoms. The van der Waals surface area contributed by atoms with Gasteiger partial charge in [0.2, 0.25) is 0 Å². The molecule has 1 aliphatic carbocycles. The van der Waals surface area contributed by atoms with Gasteiger partial charge in [-0.15, -0.1) is 0 Å². The van der Waals surface area contributed by atoms with Crippen molar-refractivity contribution < 1.29 is 0 Å². The first-order valence-corrected chi connectivity index (χ1v) is 7.67. The highest BCUT2D eigenvalue weighted by Gasteiger charge is 2.21. The summed E-state index contributed by atoms with van der Waals surface area (Å²) in [4.78, 5) is 9.52. The summed E-state index contributed by atoms with van der Waals surface area (Å²) in [6.07, 6.45) is 8.98. The molecule has 22 heavy (non-hydrogen) atoms. The van der Waals surface area contributed by atoms with Crippen LogP contribution in [0.2, 0.25) is 5.02 Å². The molecule has 1 heterocycles. The Hall–Kier alpha value is -2.25. The molecule has 4 nitrogen and oxygen atoms in total. The van der Waals surface area contributed by atoms with Crippen molar-refractivity contribution in [2.45, 2.75) is 25.3 Å². The molecule has 0 radical (unpaired) electrons. The molecule has 1 unspecified atom stereocenters. The second kappa shape index (κ2) is 6.25. The molecule has 2 aromatic rings. The first kappa shape index (κ1) is 14.7. The quantitative estimate of drug-likeness (QED) is 0.931. The lowest BCUT2D eigenvalue weighted by atomic mass is 9.92. The predicted molar refractivity (Wildman–Crippen MR) is 88.8 cm³/mol. The SMILES string of the molecule is CN(c1ccc(C#N)c(Cl)c1)C1CCC=C(c2cnc[nH]2)C1. The first-order chi connectivity index (χ1) is 10.7. The van der Waals surface area contributed by atoms with Crippen molar-refractivity contribution in [3.8, 4) is 6.07 Å². The van der Waals surface area contributed by atoms with Crippen molar-refractivity contribution in [2.75, 3.05) is 11.9 Å². The minimum absolute atomic E-state index is 0.410. The maximum Gasteiger partial charge on any atom is 0.101 e. The summed E-state index contributed by atoms with van der Waals surface area (Å²) in [5.41, 5.74) is 3.96. The number of H-pyrrole nitrogens is 1. The van der Waals surface area contributed by atoms with E-state index in [0.717, 1.165) is 30.6 Å². The molecule has 0 fully saturated rings. The van der Waals surface area contributed by atoms with Crippen LogP contribution in [-0.2, 0) is 0 Å². The molecule has 5 heteroatoms. The molecule has 112 valence electrons. The van der Waals surface area contributed by atoms with Gasteiger partial charge in [-0.3, -0.25) is 0 Å². The van der Waals surface area contributed by atoms with Gasteiger partial charge in [-0.25, -0.2) is 4.98 Å². The van der Waals surface area contributed by atoms with Gasteiger partial charge in [-0.2, -0.15) is 5.26 Å². The van der Waals surface area contributed by atoms with Crippen molar-refractivity contribution in [1.82, 2.24) is 9.97 Å². The van der Waals surface area contributed by atoms with Crippen LogP contribution in [0.3, 0.4) is 0 Å². The van der Waals surface area contributed by atoms with Crippen LogP contribution in [0, 0.1) is 11.3 Å². The third-order valence-corrected chi connectivity index (χ3v) is 4.53. The summed E-state index contributed by atoms with van der Waals surface area (Å²) in [5.74, 6) is 0. The van der Waals surface area contributed by atoms with Gasteiger partial charge in [0.1, 0.15) is 6.07 Å². The van der Waals surface area contributed by atoms with Gasteiger partial charge in [0.05, 0.1) is 28.8 Å². The highest BCUT2D eigenvalue weighted by molar-refractivity contribution is 6.32. The number of aromatic amines is 1. The highest BCUT2D eigenvalue weighted by atomic mass is 35.5. The van der Waals surface area contributed by atoms with Gasteiger partial charge in [0, 0.05) is 18.8 Å². The topological polar surface area (TPSA) is 55.7 Å². The van der Waals surface area contributed by atoms with Crippen LogP contribution in [-0.4, -0.2) is 23.1 Å². The molecule has 0 bridgehead atoms. The fraction of sp³-hybridized carbons (Fsp3) is 0.294. The minimum atomic E-state index is 0.410. The summed E-state index contributed by atoms with van der Waals surface area (Å²) < 4.78 is 0. The third-order valence-electron chi connectivity index (χ3n) is 4.22. The lowest BCUT2D eigenvalue weighted by molar-refractivity contribution is 0.581. The molecule has 0 saturated carbocycles. The predicted octanol–water partition coefficient (Wildman–Crippen LogP) is 4.01. The van der Waals surface area contributed by atoms with E-state index in [4.69, 9.17) is 16.9 Å². The average molecular weight is 313 g/mol. The van der Waals surface area contributed by atoms with Crippen LogP contribution >= 0.6 is 11.6 Å². The van der Waals surface area contributed by atoms with Gasteiger partial charge in [0.15, 0.2) is 0 Å².